The predicted octanol–water partition coefficient (Wildman–Crippen LogP) is 2.25. The third kappa shape index (κ3) is 5.10. The minimum Gasteiger partial charge on any atom is -0.548 e. The molecule has 0 aromatic heterocycles. The second-order valence-electron chi connectivity index (χ2n) is 3.50. The van der Waals surface area contributed by atoms with E-state index in [1.807, 2.05) is 32.9 Å². The van der Waals surface area contributed by atoms with Crippen molar-refractivity contribution in [3.8, 4) is 5.75 Å². The van der Waals surface area contributed by atoms with E-state index in [1.165, 1.54) is 0 Å². The molecular formula is C12H17O2Y+2. The van der Waals surface area contributed by atoms with Gasteiger partial charge >= 0.3 is 32.7 Å². The Labute approximate surface area is 117 Å². The third-order valence-corrected chi connectivity index (χ3v) is 2.14. The zero-order valence-electron chi connectivity index (χ0n) is 9.58. The summed E-state index contributed by atoms with van der Waals surface area (Å²) in [6, 6.07) is 7.05. The molecule has 1 atom stereocenters. The number of benzene rings is 1. The fraction of sp³-hybridized carbons (Fsp3) is 0.500. The van der Waals surface area contributed by atoms with Gasteiger partial charge in [0.15, 0.2) is 0 Å². The molecule has 0 bridgehead atoms. The Morgan fingerprint density at radius 1 is 1.40 bits per heavy atom. The first kappa shape index (κ1) is 15.1. The monoisotopic (exact) mass is 282 g/mol. The molecule has 0 saturated carbocycles. The maximum absolute atomic E-state index is 9.33. The molecule has 0 radical (unpaired) electrons. The molecule has 3 heteroatoms. The maximum atomic E-state index is 9.33. The average Bonchev–Trinajstić information content (AvgIpc) is 2.16. The quantitative estimate of drug-likeness (QED) is 0.858. The second-order valence-corrected chi connectivity index (χ2v) is 3.50. The van der Waals surface area contributed by atoms with Crippen LogP contribution in [0.15, 0.2) is 12.1 Å². The van der Waals surface area contributed by atoms with Crippen LogP contribution in [0.1, 0.15) is 24.5 Å². The fourth-order valence-corrected chi connectivity index (χ4v) is 1.18. The first-order valence-electron chi connectivity index (χ1n) is 4.94. The van der Waals surface area contributed by atoms with Crippen LogP contribution in [0.4, 0.5) is 0 Å². The van der Waals surface area contributed by atoms with E-state index in [1.54, 1.807) is 0 Å². The first-order chi connectivity index (χ1) is 6.63. The smallest absolute Gasteiger partial charge is 0.548 e. The summed E-state index contributed by atoms with van der Waals surface area (Å²) < 4.78 is 5.46. The molecule has 0 saturated heterocycles. The number of aryl methyl sites for hydroxylation is 2. The van der Waals surface area contributed by atoms with E-state index in [2.05, 4.69) is 6.07 Å². The Kier molecular flexibility index (Phi) is 7.41. The zero-order chi connectivity index (χ0) is 10.6. The van der Waals surface area contributed by atoms with Crippen LogP contribution < -0.4 is 4.74 Å². The molecule has 78 valence electrons. The second kappa shape index (κ2) is 7.37. The zero-order valence-corrected chi connectivity index (χ0v) is 12.4. The largest absolute Gasteiger partial charge is 3.00 e. The molecule has 1 rings (SSSR count). The van der Waals surface area contributed by atoms with Crippen molar-refractivity contribution in [3.63, 3.8) is 0 Å². The van der Waals surface area contributed by atoms with Crippen LogP contribution in [-0.4, -0.2) is 17.8 Å². The van der Waals surface area contributed by atoms with Gasteiger partial charge in [-0.1, -0.05) is 20.8 Å². The van der Waals surface area contributed by atoms with Gasteiger partial charge in [0.1, 0.15) is 0 Å². The van der Waals surface area contributed by atoms with Gasteiger partial charge in [-0.2, -0.15) is 17.7 Å². The molecule has 1 aromatic carbocycles. The van der Waals surface area contributed by atoms with Crippen molar-refractivity contribution in [1.29, 1.82) is 0 Å². The molecule has 15 heavy (non-hydrogen) atoms. The van der Waals surface area contributed by atoms with E-state index in [9.17, 15) is 5.11 Å². The van der Waals surface area contributed by atoms with Crippen molar-refractivity contribution < 1.29 is 42.6 Å². The van der Waals surface area contributed by atoms with Crippen molar-refractivity contribution in [1.82, 2.24) is 0 Å². The van der Waals surface area contributed by atoms with Crippen molar-refractivity contribution in [3.05, 3.63) is 29.3 Å². The van der Waals surface area contributed by atoms with Gasteiger partial charge in [0.2, 0.25) is 0 Å². The molecule has 0 fully saturated rings. The van der Waals surface area contributed by atoms with Gasteiger partial charge in [0.05, 0.1) is 12.7 Å². The number of hydrogen-bond donors (Lipinski definition) is 1. The molecule has 0 spiro atoms. The van der Waals surface area contributed by atoms with Crippen molar-refractivity contribution in [2.75, 3.05) is 6.61 Å². The molecular weight excluding hydrogens is 265 g/mol. The minimum absolute atomic E-state index is 0. The molecule has 0 aliphatic carbocycles. The molecule has 1 N–H and O–H groups in total. The summed E-state index contributed by atoms with van der Waals surface area (Å²) in [5.74, 6) is 0.808. The minimum atomic E-state index is -0.379. The van der Waals surface area contributed by atoms with Crippen molar-refractivity contribution in [2.24, 2.45) is 0 Å². The standard InChI is InChI=1S/C12H17O2.Y/c1-4-11(13)8-14-12-6-5-9(2)7-10(12)3;/h5-6,11,13H,4,8H2,1-3H3;/q-1;+3. The van der Waals surface area contributed by atoms with E-state index < -0.39 is 0 Å². The Bertz CT molecular complexity index is 300. The molecule has 0 aliphatic rings. The van der Waals surface area contributed by atoms with Crippen LogP contribution in [0.2, 0.25) is 0 Å². The van der Waals surface area contributed by atoms with E-state index in [4.69, 9.17) is 4.74 Å². The van der Waals surface area contributed by atoms with Crippen LogP contribution in [0, 0.1) is 19.9 Å². The molecule has 0 heterocycles. The Hall–Kier alpha value is 0.0839. The molecule has 1 unspecified atom stereocenters. The predicted molar refractivity (Wildman–Crippen MR) is 56.5 cm³/mol. The summed E-state index contributed by atoms with van der Waals surface area (Å²) in [4.78, 5) is 0. The van der Waals surface area contributed by atoms with Gasteiger partial charge in [-0.3, -0.25) is 0 Å². The third-order valence-electron chi connectivity index (χ3n) is 2.14. The summed E-state index contributed by atoms with van der Waals surface area (Å²) in [6.07, 6.45) is 0.338. The number of ether oxygens (including phenoxy) is 1. The Morgan fingerprint density at radius 3 is 2.60 bits per heavy atom. The van der Waals surface area contributed by atoms with E-state index in [-0.39, 0.29) is 38.8 Å². The van der Waals surface area contributed by atoms with Gasteiger partial charge in [0.25, 0.3) is 0 Å². The van der Waals surface area contributed by atoms with Crippen molar-refractivity contribution >= 4 is 0 Å². The van der Waals surface area contributed by atoms with E-state index in [0.29, 0.717) is 13.0 Å². The molecule has 0 amide bonds. The number of rotatable bonds is 4. The maximum Gasteiger partial charge on any atom is 3.00 e. The van der Waals surface area contributed by atoms with E-state index in [0.717, 1.165) is 16.9 Å². The van der Waals surface area contributed by atoms with Crippen LogP contribution in [-0.2, 0) is 32.7 Å². The van der Waals surface area contributed by atoms with Crippen LogP contribution in [0.3, 0.4) is 0 Å². The average molecular weight is 282 g/mol. The summed E-state index contributed by atoms with van der Waals surface area (Å²) in [7, 11) is 0. The Morgan fingerprint density at radius 2 is 2.07 bits per heavy atom. The molecule has 1 aromatic rings. The summed E-state index contributed by atoms with van der Waals surface area (Å²) >= 11 is 0. The topological polar surface area (TPSA) is 29.5 Å². The van der Waals surface area contributed by atoms with Crippen LogP contribution in [0.25, 0.3) is 0 Å². The van der Waals surface area contributed by atoms with Crippen molar-refractivity contribution in [2.45, 2.75) is 33.3 Å². The van der Waals surface area contributed by atoms with Gasteiger partial charge in [-0.15, -0.1) is 11.6 Å². The number of hydrogen-bond acceptors (Lipinski definition) is 2. The Balaban J connectivity index is 0.00000196. The summed E-state index contributed by atoms with van der Waals surface area (Å²) in [5, 5.41) is 9.33. The first-order valence-corrected chi connectivity index (χ1v) is 4.94. The normalized spacial score (nSPS) is 11.7. The van der Waals surface area contributed by atoms with Gasteiger partial charge in [-0.05, 0) is 6.42 Å². The summed E-state index contributed by atoms with van der Waals surface area (Å²) in [6.45, 7) is 6.24. The van der Waals surface area contributed by atoms with Crippen LogP contribution in [0.5, 0.6) is 5.75 Å². The van der Waals surface area contributed by atoms with E-state index >= 15 is 0 Å². The number of aliphatic hydroxyl groups is 1. The summed E-state index contributed by atoms with van der Waals surface area (Å²) in [5.41, 5.74) is 2.10. The molecule has 0 aliphatic heterocycles. The fourth-order valence-electron chi connectivity index (χ4n) is 1.18. The molecule has 2 nitrogen and oxygen atoms in total. The van der Waals surface area contributed by atoms with Crippen LogP contribution >= 0.6 is 0 Å². The number of aliphatic hydroxyl groups excluding tert-OH is 1. The van der Waals surface area contributed by atoms with Gasteiger partial charge in [-0.25, -0.2) is 0 Å². The van der Waals surface area contributed by atoms with Gasteiger partial charge < -0.3 is 9.84 Å². The SMILES string of the molecule is CCC(O)COc1ccc(C)[c-]c1C.[Y+3]. The van der Waals surface area contributed by atoms with Gasteiger partial charge in [0, 0.05) is 5.75 Å².